The molecule has 0 spiro atoms. The molecule has 17 heavy (non-hydrogen) atoms. The first-order valence-corrected chi connectivity index (χ1v) is 5.63. The molecule has 0 aliphatic carbocycles. The summed E-state index contributed by atoms with van der Waals surface area (Å²) in [6.45, 7) is 5.41. The van der Waals surface area contributed by atoms with Gasteiger partial charge in [0.2, 0.25) is 0 Å². The number of hydrogen-bond acceptors (Lipinski definition) is 2. The van der Waals surface area contributed by atoms with E-state index in [1.807, 2.05) is 13.8 Å². The Morgan fingerprint density at radius 3 is 2.71 bits per heavy atom. The van der Waals surface area contributed by atoms with Crippen molar-refractivity contribution in [1.82, 2.24) is 5.32 Å². The highest BCUT2D eigenvalue weighted by molar-refractivity contribution is 5.95. The maximum absolute atomic E-state index is 13.0. The highest BCUT2D eigenvalue weighted by Crippen LogP contribution is 2.11. The molecule has 2 unspecified atom stereocenters. The molecule has 0 saturated carbocycles. The molecule has 1 aromatic carbocycles. The average Bonchev–Trinajstić information content (AvgIpc) is 2.30. The Hall–Kier alpha value is -1.42. The molecule has 3 nitrogen and oxygen atoms in total. The Morgan fingerprint density at radius 1 is 1.47 bits per heavy atom. The Labute approximate surface area is 101 Å². The van der Waals surface area contributed by atoms with Gasteiger partial charge >= 0.3 is 0 Å². The monoisotopic (exact) mass is 239 g/mol. The zero-order valence-electron chi connectivity index (χ0n) is 10.3. The van der Waals surface area contributed by atoms with Crippen molar-refractivity contribution >= 4 is 5.91 Å². The molecule has 0 bridgehead atoms. The summed E-state index contributed by atoms with van der Waals surface area (Å²) in [6, 6.07) is 3.97. The summed E-state index contributed by atoms with van der Waals surface area (Å²) >= 11 is 0. The minimum atomic E-state index is -0.427. The van der Waals surface area contributed by atoms with Gasteiger partial charge in [0.25, 0.3) is 5.91 Å². The standard InChI is InChI=1S/C13H18FNO2/c1-8-4-5-11(14)6-12(8)13(17)15-10(3)9(2)7-16/h4-6,9-10,16H,7H2,1-3H3,(H,15,17). The number of aryl methyl sites for hydroxylation is 1. The lowest BCUT2D eigenvalue weighted by Crippen LogP contribution is -2.38. The van der Waals surface area contributed by atoms with Crippen LogP contribution in [0.5, 0.6) is 0 Å². The largest absolute Gasteiger partial charge is 0.396 e. The van der Waals surface area contributed by atoms with Gasteiger partial charge in [-0.15, -0.1) is 0 Å². The summed E-state index contributed by atoms with van der Waals surface area (Å²) in [6.07, 6.45) is 0. The zero-order valence-corrected chi connectivity index (χ0v) is 10.3. The zero-order chi connectivity index (χ0) is 13.0. The Morgan fingerprint density at radius 2 is 2.12 bits per heavy atom. The van der Waals surface area contributed by atoms with Gasteiger partial charge in [-0.05, 0) is 37.5 Å². The van der Waals surface area contributed by atoms with Crippen molar-refractivity contribution in [3.63, 3.8) is 0 Å². The predicted molar refractivity (Wildman–Crippen MR) is 64.3 cm³/mol. The first-order chi connectivity index (χ1) is 7.95. The smallest absolute Gasteiger partial charge is 0.251 e. The fourth-order valence-corrected chi connectivity index (χ4v) is 1.42. The van der Waals surface area contributed by atoms with Crippen molar-refractivity contribution in [1.29, 1.82) is 0 Å². The third-order valence-electron chi connectivity index (χ3n) is 2.94. The number of benzene rings is 1. The van der Waals surface area contributed by atoms with E-state index in [1.165, 1.54) is 12.1 Å². The van der Waals surface area contributed by atoms with Crippen molar-refractivity contribution in [3.8, 4) is 0 Å². The van der Waals surface area contributed by atoms with Crippen LogP contribution in [-0.2, 0) is 0 Å². The maximum atomic E-state index is 13.0. The maximum Gasteiger partial charge on any atom is 0.251 e. The highest BCUT2D eigenvalue weighted by atomic mass is 19.1. The molecule has 0 fully saturated rings. The molecule has 1 amide bonds. The van der Waals surface area contributed by atoms with Crippen LogP contribution >= 0.6 is 0 Å². The number of halogens is 1. The molecule has 2 N–H and O–H groups in total. The number of hydrogen-bond donors (Lipinski definition) is 2. The van der Waals surface area contributed by atoms with E-state index in [1.54, 1.807) is 13.0 Å². The predicted octanol–water partition coefficient (Wildman–Crippen LogP) is 1.88. The quantitative estimate of drug-likeness (QED) is 0.842. The molecule has 4 heteroatoms. The van der Waals surface area contributed by atoms with Gasteiger partial charge in [-0.3, -0.25) is 4.79 Å². The van der Waals surface area contributed by atoms with Crippen molar-refractivity contribution in [2.45, 2.75) is 26.8 Å². The molecule has 0 aliphatic heterocycles. The molecule has 0 heterocycles. The number of aliphatic hydroxyl groups is 1. The van der Waals surface area contributed by atoms with Crippen LogP contribution in [0.4, 0.5) is 4.39 Å². The van der Waals surface area contributed by atoms with Crippen LogP contribution in [0.3, 0.4) is 0 Å². The SMILES string of the molecule is Cc1ccc(F)cc1C(=O)NC(C)C(C)CO. The van der Waals surface area contributed by atoms with Crippen molar-refractivity contribution in [2.75, 3.05) is 6.61 Å². The van der Waals surface area contributed by atoms with Crippen LogP contribution < -0.4 is 5.32 Å². The topological polar surface area (TPSA) is 49.3 Å². The summed E-state index contributed by atoms with van der Waals surface area (Å²) in [5.74, 6) is -0.772. The molecule has 0 aliphatic rings. The molecule has 1 rings (SSSR count). The Balaban J connectivity index is 2.79. The van der Waals surface area contributed by atoms with Gasteiger partial charge in [0, 0.05) is 18.2 Å². The van der Waals surface area contributed by atoms with Gasteiger partial charge < -0.3 is 10.4 Å². The van der Waals surface area contributed by atoms with E-state index in [2.05, 4.69) is 5.32 Å². The van der Waals surface area contributed by atoms with Crippen molar-refractivity contribution < 1.29 is 14.3 Å². The third kappa shape index (κ3) is 3.53. The molecular weight excluding hydrogens is 221 g/mol. The van der Waals surface area contributed by atoms with Gasteiger partial charge in [0.1, 0.15) is 5.82 Å². The number of nitrogens with one attached hydrogen (secondary N) is 1. The first-order valence-electron chi connectivity index (χ1n) is 5.63. The van der Waals surface area contributed by atoms with Crippen LogP contribution in [0.2, 0.25) is 0 Å². The summed E-state index contributed by atoms with van der Waals surface area (Å²) in [5, 5.41) is 11.7. The lowest BCUT2D eigenvalue weighted by Gasteiger charge is -2.19. The van der Waals surface area contributed by atoms with Crippen LogP contribution in [0.15, 0.2) is 18.2 Å². The van der Waals surface area contributed by atoms with E-state index in [9.17, 15) is 9.18 Å². The Kier molecular flexibility index (Phi) is 4.63. The van der Waals surface area contributed by atoms with E-state index in [4.69, 9.17) is 5.11 Å². The van der Waals surface area contributed by atoms with Crippen LogP contribution in [-0.4, -0.2) is 23.7 Å². The lowest BCUT2D eigenvalue weighted by atomic mass is 10.0. The molecular formula is C13H18FNO2. The number of carbonyl (C=O) groups excluding carboxylic acids is 1. The summed E-state index contributed by atoms with van der Waals surface area (Å²) in [5.41, 5.74) is 1.06. The van der Waals surface area contributed by atoms with E-state index in [0.717, 1.165) is 5.56 Å². The molecule has 0 saturated heterocycles. The van der Waals surface area contributed by atoms with E-state index < -0.39 is 5.82 Å². The van der Waals surface area contributed by atoms with Crippen LogP contribution in [0.25, 0.3) is 0 Å². The second-order valence-electron chi connectivity index (χ2n) is 4.38. The molecule has 2 atom stereocenters. The van der Waals surface area contributed by atoms with Crippen LogP contribution in [0.1, 0.15) is 29.8 Å². The molecule has 1 aromatic rings. The second-order valence-corrected chi connectivity index (χ2v) is 4.38. The molecule has 94 valence electrons. The Bertz CT molecular complexity index is 406. The highest BCUT2D eigenvalue weighted by Gasteiger charge is 2.16. The van der Waals surface area contributed by atoms with Gasteiger partial charge in [-0.25, -0.2) is 4.39 Å². The fraction of sp³-hybridized carbons (Fsp3) is 0.462. The van der Waals surface area contributed by atoms with Crippen molar-refractivity contribution in [3.05, 3.63) is 35.1 Å². The number of rotatable bonds is 4. The minimum absolute atomic E-state index is 0.00355. The van der Waals surface area contributed by atoms with Crippen molar-refractivity contribution in [2.24, 2.45) is 5.92 Å². The van der Waals surface area contributed by atoms with E-state index in [-0.39, 0.29) is 24.5 Å². The van der Waals surface area contributed by atoms with Crippen LogP contribution in [0, 0.1) is 18.7 Å². The summed E-state index contributed by atoms with van der Waals surface area (Å²) in [7, 11) is 0. The van der Waals surface area contributed by atoms with Gasteiger partial charge in [0.05, 0.1) is 0 Å². The summed E-state index contributed by atoms with van der Waals surface area (Å²) in [4.78, 5) is 11.9. The number of aliphatic hydroxyl groups excluding tert-OH is 1. The lowest BCUT2D eigenvalue weighted by molar-refractivity contribution is 0.0915. The van der Waals surface area contributed by atoms with E-state index in [0.29, 0.717) is 5.56 Å². The number of amides is 1. The minimum Gasteiger partial charge on any atom is -0.396 e. The molecule has 0 radical (unpaired) electrons. The molecule has 0 aromatic heterocycles. The van der Waals surface area contributed by atoms with Gasteiger partial charge in [-0.1, -0.05) is 13.0 Å². The third-order valence-corrected chi connectivity index (χ3v) is 2.94. The fourth-order valence-electron chi connectivity index (χ4n) is 1.42. The number of carbonyl (C=O) groups is 1. The summed E-state index contributed by atoms with van der Waals surface area (Å²) < 4.78 is 13.0. The van der Waals surface area contributed by atoms with Gasteiger partial charge in [0.15, 0.2) is 0 Å². The van der Waals surface area contributed by atoms with Gasteiger partial charge in [-0.2, -0.15) is 0 Å². The normalized spacial score (nSPS) is 14.2. The average molecular weight is 239 g/mol. The van der Waals surface area contributed by atoms with E-state index >= 15 is 0 Å². The second kappa shape index (κ2) is 5.77. The first kappa shape index (κ1) is 13.6.